The van der Waals surface area contributed by atoms with Crippen LogP contribution < -0.4 is 11.1 Å². The van der Waals surface area contributed by atoms with Gasteiger partial charge in [-0.25, -0.2) is 9.97 Å². The molecule has 0 atom stereocenters. The van der Waals surface area contributed by atoms with Gasteiger partial charge >= 0.3 is 0 Å². The molecule has 0 amide bonds. The summed E-state index contributed by atoms with van der Waals surface area (Å²) in [5.74, 6) is 0.883. The normalized spacial score (nSPS) is 17.2. The van der Waals surface area contributed by atoms with E-state index in [4.69, 9.17) is 5.73 Å². The molecule has 21 heavy (non-hydrogen) atoms. The lowest BCUT2D eigenvalue weighted by molar-refractivity contribution is 0.158. The van der Waals surface area contributed by atoms with Crippen molar-refractivity contribution in [2.75, 3.05) is 57.4 Å². The zero-order valence-corrected chi connectivity index (χ0v) is 12.4. The predicted octanol–water partition coefficient (Wildman–Crippen LogP) is 0.871. The minimum absolute atomic E-state index is 0.726. The number of fused-ring (bicyclic) bond motifs is 1. The van der Waals surface area contributed by atoms with Crippen molar-refractivity contribution in [1.29, 1.82) is 0 Å². The molecule has 1 fully saturated rings. The number of nitrogens with two attached hydrogens (primary N) is 1. The second-order valence-electron chi connectivity index (χ2n) is 5.57. The Morgan fingerprint density at radius 1 is 1.19 bits per heavy atom. The molecule has 0 unspecified atom stereocenters. The van der Waals surface area contributed by atoms with E-state index in [0.717, 1.165) is 61.7 Å². The maximum atomic E-state index is 5.79. The lowest BCUT2D eigenvalue weighted by atomic mass is 10.2. The van der Waals surface area contributed by atoms with Crippen molar-refractivity contribution >= 4 is 22.4 Å². The number of anilines is 2. The minimum atomic E-state index is 0.726. The van der Waals surface area contributed by atoms with Gasteiger partial charge in [-0.05, 0) is 25.2 Å². The van der Waals surface area contributed by atoms with Gasteiger partial charge in [0.15, 0.2) is 0 Å². The van der Waals surface area contributed by atoms with E-state index in [-0.39, 0.29) is 0 Å². The number of benzene rings is 1. The lowest BCUT2D eigenvalue weighted by Gasteiger charge is -2.32. The summed E-state index contributed by atoms with van der Waals surface area (Å²) in [4.78, 5) is 13.5. The molecule has 1 aromatic carbocycles. The van der Waals surface area contributed by atoms with Gasteiger partial charge in [0, 0.05) is 50.3 Å². The zero-order chi connectivity index (χ0) is 14.7. The van der Waals surface area contributed by atoms with Crippen molar-refractivity contribution in [2.24, 2.45) is 0 Å². The minimum Gasteiger partial charge on any atom is -0.399 e. The van der Waals surface area contributed by atoms with E-state index in [1.54, 1.807) is 6.33 Å². The highest BCUT2D eigenvalue weighted by Gasteiger charge is 2.13. The zero-order valence-electron chi connectivity index (χ0n) is 12.4. The molecule has 6 nitrogen and oxygen atoms in total. The maximum absolute atomic E-state index is 5.79. The highest BCUT2D eigenvalue weighted by atomic mass is 15.2. The molecule has 0 spiro atoms. The molecule has 3 N–H and O–H groups in total. The summed E-state index contributed by atoms with van der Waals surface area (Å²) >= 11 is 0. The predicted molar refractivity (Wildman–Crippen MR) is 86.4 cm³/mol. The van der Waals surface area contributed by atoms with Crippen LogP contribution in [-0.4, -0.2) is 66.1 Å². The Bertz CT molecular complexity index is 606. The van der Waals surface area contributed by atoms with Gasteiger partial charge in [0.1, 0.15) is 12.1 Å². The first-order valence-corrected chi connectivity index (χ1v) is 7.37. The Morgan fingerprint density at radius 3 is 2.81 bits per heavy atom. The third-order valence-corrected chi connectivity index (χ3v) is 3.98. The molecule has 1 aliphatic heterocycles. The Kier molecular flexibility index (Phi) is 4.17. The second-order valence-corrected chi connectivity index (χ2v) is 5.57. The van der Waals surface area contributed by atoms with Crippen LogP contribution in [0.2, 0.25) is 0 Å². The molecule has 6 heteroatoms. The van der Waals surface area contributed by atoms with E-state index >= 15 is 0 Å². The van der Waals surface area contributed by atoms with Crippen LogP contribution in [0.4, 0.5) is 11.5 Å². The van der Waals surface area contributed by atoms with Gasteiger partial charge in [0.25, 0.3) is 0 Å². The molecule has 2 aromatic rings. The standard InChI is InChI=1S/C15H22N6/c1-20-6-8-21(9-7-20)5-4-17-15-13-3-2-12(16)10-14(13)18-11-19-15/h2-3,10-11H,4-9,16H2,1H3,(H,17,18,19). The van der Waals surface area contributed by atoms with Crippen molar-refractivity contribution in [3.63, 3.8) is 0 Å². The molecule has 3 rings (SSSR count). The molecule has 112 valence electrons. The van der Waals surface area contributed by atoms with Crippen molar-refractivity contribution in [3.8, 4) is 0 Å². The average Bonchev–Trinajstić information content (AvgIpc) is 2.49. The van der Waals surface area contributed by atoms with E-state index in [1.807, 2.05) is 18.2 Å². The van der Waals surface area contributed by atoms with E-state index < -0.39 is 0 Å². The first-order chi connectivity index (χ1) is 10.2. The smallest absolute Gasteiger partial charge is 0.137 e. The van der Waals surface area contributed by atoms with Crippen LogP contribution in [0.1, 0.15) is 0 Å². The highest BCUT2D eigenvalue weighted by Crippen LogP contribution is 2.20. The summed E-state index contributed by atoms with van der Waals surface area (Å²) in [6.45, 7) is 6.50. The summed E-state index contributed by atoms with van der Waals surface area (Å²) in [7, 11) is 2.17. The first kappa shape index (κ1) is 14.0. The van der Waals surface area contributed by atoms with Crippen LogP contribution in [-0.2, 0) is 0 Å². The van der Waals surface area contributed by atoms with Crippen LogP contribution in [0.5, 0.6) is 0 Å². The summed E-state index contributed by atoms with van der Waals surface area (Å²) < 4.78 is 0. The molecule has 0 bridgehead atoms. The van der Waals surface area contributed by atoms with Crippen molar-refractivity contribution in [1.82, 2.24) is 19.8 Å². The number of rotatable bonds is 4. The summed E-state index contributed by atoms with van der Waals surface area (Å²) in [5.41, 5.74) is 7.40. The molecule has 0 radical (unpaired) electrons. The Balaban J connectivity index is 1.60. The van der Waals surface area contributed by atoms with Gasteiger partial charge in [-0.15, -0.1) is 0 Å². The highest BCUT2D eigenvalue weighted by molar-refractivity contribution is 5.90. The van der Waals surface area contributed by atoms with Crippen LogP contribution in [0.15, 0.2) is 24.5 Å². The molecule has 1 saturated heterocycles. The maximum Gasteiger partial charge on any atom is 0.137 e. The first-order valence-electron chi connectivity index (χ1n) is 7.37. The molecular formula is C15H22N6. The second kappa shape index (κ2) is 6.24. The summed E-state index contributed by atoms with van der Waals surface area (Å²) in [6.07, 6.45) is 1.58. The monoisotopic (exact) mass is 286 g/mol. The van der Waals surface area contributed by atoms with Crippen molar-refractivity contribution in [2.45, 2.75) is 0 Å². The fourth-order valence-electron chi connectivity index (χ4n) is 2.62. The number of aromatic nitrogens is 2. The number of piperazine rings is 1. The number of nitrogen functional groups attached to an aromatic ring is 1. The van der Waals surface area contributed by atoms with E-state index in [9.17, 15) is 0 Å². The lowest BCUT2D eigenvalue weighted by Crippen LogP contribution is -2.45. The fraction of sp³-hybridized carbons (Fsp3) is 0.467. The molecule has 2 heterocycles. The molecule has 1 aromatic heterocycles. The quantitative estimate of drug-likeness (QED) is 0.813. The number of hydrogen-bond donors (Lipinski definition) is 2. The van der Waals surface area contributed by atoms with E-state index in [0.29, 0.717) is 0 Å². The van der Waals surface area contributed by atoms with Gasteiger partial charge in [-0.2, -0.15) is 0 Å². The molecular weight excluding hydrogens is 264 g/mol. The Labute approximate surface area is 125 Å². The largest absolute Gasteiger partial charge is 0.399 e. The third kappa shape index (κ3) is 3.40. The van der Waals surface area contributed by atoms with Gasteiger partial charge in [-0.1, -0.05) is 0 Å². The van der Waals surface area contributed by atoms with E-state index in [2.05, 4.69) is 32.1 Å². The Morgan fingerprint density at radius 2 is 2.00 bits per heavy atom. The van der Waals surface area contributed by atoms with E-state index in [1.165, 1.54) is 0 Å². The Hall–Kier alpha value is -1.92. The number of nitrogens with zero attached hydrogens (tertiary/aromatic N) is 4. The average molecular weight is 286 g/mol. The van der Waals surface area contributed by atoms with Crippen LogP contribution in [0.3, 0.4) is 0 Å². The third-order valence-electron chi connectivity index (χ3n) is 3.98. The van der Waals surface area contributed by atoms with Crippen molar-refractivity contribution < 1.29 is 0 Å². The summed E-state index contributed by atoms with van der Waals surface area (Å²) in [5, 5.41) is 4.44. The number of likely N-dealkylation sites (N-methyl/N-ethyl adjacent to an activating group) is 1. The van der Waals surface area contributed by atoms with Crippen LogP contribution in [0.25, 0.3) is 10.9 Å². The van der Waals surface area contributed by atoms with Crippen LogP contribution >= 0.6 is 0 Å². The molecule has 1 aliphatic rings. The number of hydrogen-bond acceptors (Lipinski definition) is 6. The van der Waals surface area contributed by atoms with Gasteiger partial charge in [0.2, 0.25) is 0 Å². The number of nitrogens with one attached hydrogen (secondary N) is 1. The fourth-order valence-corrected chi connectivity index (χ4v) is 2.62. The molecule has 0 saturated carbocycles. The van der Waals surface area contributed by atoms with Gasteiger partial charge < -0.3 is 16.0 Å². The van der Waals surface area contributed by atoms with Crippen molar-refractivity contribution in [3.05, 3.63) is 24.5 Å². The van der Waals surface area contributed by atoms with Gasteiger partial charge in [0.05, 0.1) is 5.52 Å². The topological polar surface area (TPSA) is 70.3 Å². The molecule has 0 aliphatic carbocycles. The van der Waals surface area contributed by atoms with Crippen LogP contribution in [0, 0.1) is 0 Å². The summed E-state index contributed by atoms with van der Waals surface area (Å²) in [6, 6.07) is 5.74. The SMILES string of the molecule is CN1CCN(CCNc2ncnc3cc(N)ccc23)CC1. The van der Waals surface area contributed by atoms with Gasteiger partial charge in [-0.3, -0.25) is 4.90 Å².